The van der Waals surface area contributed by atoms with Gasteiger partial charge in [-0.05, 0) is 43.0 Å². The Labute approximate surface area is 158 Å². The number of Topliss-reactive ketones (excluding diaryl/α,β-unsaturated/α-hetero) is 1. The van der Waals surface area contributed by atoms with E-state index in [9.17, 15) is 9.59 Å². The van der Waals surface area contributed by atoms with Crippen LogP contribution in [0.25, 0.3) is 10.9 Å². The summed E-state index contributed by atoms with van der Waals surface area (Å²) >= 11 is 0. The fourth-order valence-corrected chi connectivity index (χ4v) is 3.75. The van der Waals surface area contributed by atoms with Gasteiger partial charge in [0.1, 0.15) is 5.82 Å². The Hall–Kier alpha value is -2.82. The van der Waals surface area contributed by atoms with Crippen LogP contribution in [0.15, 0.2) is 47.4 Å². The van der Waals surface area contributed by atoms with E-state index < -0.39 is 0 Å². The molecule has 27 heavy (non-hydrogen) atoms. The van der Waals surface area contributed by atoms with Crippen molar-refractivity contribution < 1.29 is 4.79 Å². The molecule has 1 unspecified atom stereocenters. The largest absolute Gasteiger partial charge is 0.296 e. The van der Waals surface area contributed by atoms with E-state index in [1.807, 2.05) is 25.1 Å². The highest BCUT2D eigenvalue weighted by Crippen LogP contribution is 2.29. The number of benzene rings is 1. The topological polar surface area (TPSA) is 64.8 Å². The first kappa shape index (κ1) is 17.6. The number of aryl methyl sites for hydroxylation is 1. The third-order valence-electron chi connectivity index (χ3n) is 5.46. The first-order chi connectivity index (χ1) is 12.9. The maximum Gasteiger partial charge on any atom is 0.261 e. The Kier molecular flexibility index (Phi) is 4.17. The van der Waals surface area contributed by atoms with Crippen molar-refractivity contribution in [1.82, 2.24) is 14.5 Å². The van der Waals surface area contributed by atoms with Gasteiger partial charge in [-0.2, -0.15) is 0 Å². The van der Waals surface area contributed by atoms with Crippen LogP contribution in [0.2, 0.25) is 0 Å². The highest BCUT2D eigenvalue weighted by Gasteiger charge is 2.27. The zero-order valence-electron chi connectivity index (χ0n) is 15.9. The standard InChI is InChI=1S/C22H23N3O2/c1-14(17-6-4-5-11-23-17)20(26)15-7-8-16-18(12-15)24-19-9-10-22(2,3)13-25(19)21(16)27/h4-8,11-12,14H,9-10,13H2,1-3H3. The van der Waals surface area contributed by atoms with Gasteiger partial charge in [0.15, 0.2) is 5.78 Å². The van der Waals surface area contributed by atoms with Crippen LogP contribution in [0.3, 0.4) is 0 Å². The fourth-order valence-electron chi connectivity index (χ4n) is 3.75. The van der Waals surface area contributed by atoms with Crippen molar-refractivity contribution in [2.24, 2.45) is 5.41 Å². The molecule has 2 aromatic heterocycles. The molecule has 0 N–H and O–H groups in total. The van der Waals surface area contributed by atoms with Gasteiger partial charge in [-0.15, -0.1) is 0 Å². The average Bonchev–Trinajstić information content (AvgIpc) is 2.67. The van der Waals surface area contributed by atoms with Crippen LogP contribution in [0.4, 0.5) is 0 Å². The minimum Gasteiger partial charge on any atom is -0.296 e. The highest BCUT2D eigenvalue weighted by molar-refractivity contribution is 6.02. The molecule has 0 bridgehead atoms. The highest BCUT2D eigenvalue weighted by atomic mass is 16.1. The van der Waals surface area contributed by atoms with Gasteiger partial charge >= 0.3 is 0 Å². The lowest BCUT2D eigenvalue weighted by molar-refractivity contribution is 0.0964. The molecule has 0 aliphatic carbocycles. The Morgan fingerprint density at radius 1 is 1.22 bits per heavy atom. The molecule has 3 heterocycles. The van der Waals surface area contributed by atoms with Crippen molar-refractivity contribution in [3.05, 3.63) is 70.0 Å². The molecule has 138 valence electrons. The number of aromatic nitrogens is 3. The zero-order valence-corrected chi connectivity index (χ0v) is 15.9. The van der Waals surface area contributed by atoms with Crippen LogP contribution in [-0.2, 0) is 13.0 Å². The molecule has 5 heteroatoms. The number of pyridine rings is 1. The van der Waals surface area contributed by atoms with Crippen molar-refractivity contribution in [2.45, 2.75) is 46.1 Å². The van der Waals surface area contributed by atoms with Gasteiger partial charge in [0.25, 0.3) is 5.56 Å². The van der Waals surface area contributed by atoms with Gasteiger partial charge in [0.05, 0.1) is 22.5 Å². The van der Waals surface area contributed by atoms with E-state index in [1.165, 1.54) is 0 Å². The van der Waals surface area contributed by atoms with Gasteiger partial charge in [-0.1, -0.05) is 26.0 Å². The van der Waals surface area contributed by atoms with Crippen LogP contribution in [0.1, 0.15) is 55.0 Å². The number of fused-ring (bicyclic) bond motifs is 2. The molecule has 1 aromatic carbocycles. The molecular formula is C22H23N3O2. The zero-order chi connectivity index (χ0) is 19.2. The van der Waals surface area contributed by atoms with Gasteiger partial charge in [-0.3, -0.25) is 19.1 Å². The molecule has 1 aliphatic heterocycles. The Morgan fingerprint density at radius 3 is 2.78 bits per heavy atom. The van der Waals surface area contributed by atoms with Crippen molar-refractivity contribution in [2.75, 3.05) is 0 Å². The minimum absolute atomic E-state index is 0.0143. The van der Waals surface area contributed by atoms with Crippen LogP contribution in [0, 0.1) is 5.41 Å². The Bertz CT molecular complexity index is 1080. The molecule has 0 saturated carbocycles. The second kappa shape index (κ2) is 6.41. The van der Waals surface area contributed by atoms with E-state index in [2.05, 4.69) is 18.8 Å². The number of ketones is 1. The SMILES string of the molecule is CC(C(=O)c1ccc2c(=O)n3c(nc2c1)CCC(C)(C)C3)c1ccccn1. The second-order valence-electron chi connectivity index (χ2n) is 8.16. The molecule has 0 fully saturated rings. The van der Waals surface area contributed by atoms with E-state index in [1.54, 1.807) is 29.0 Å². The van der Waals surface area contributed by atoms with Crippen molar-refractivity contribution in [3.8, 4) is 0 Å². The molecule has 0 amide bonds. The van der Waals surface area contributed by atoms with Crippen LogP contribution in [-0.4, -0.2) is 20.3 Å². The number of hydrogen-bond acceptors (Lipinski definition) is 4. The number of nitrogens with zero attached hydrogens (tertiary/aromatic N) is 3. The van der Waals surface area contributed by atoms with Crippen molar-refractivity contribution in [1.29, 1.82) is 0 Å². The summed E-state index contributed by atoms with van der Waals surface area (Å²) in [5, 5.41) is 0.568. The normalized spacial score (nSPS) is 16.7. The summed E-state index contributed by atoms with van der Waals surface area (Å²) in [7, 11) is 0. The van der Waals surface area contributed by atoms with Crippen molar-refractivity contribution in [3.63, 3.8) is 0 Å². The molecule has 5 nitrogen and oxygen atoms in total. The fraction of sp³-hybridized carbons (Fsp3) is 0.364. The molecule has 3 aromatic rings. The minimum atomic E-state index is -0.344. The second-order valence-corrected chi connectivity index (χ2v) is 8.16. The number of carbonyl (C=O) groups excluding carboxylic acids is 1. The van der Waals surface area contributed by atoms with E-state index in [-0.39, 0.29) is 22.7 Å². The summed E-state index contributed by atoms with van der Waals surface area (Å²) in [5.74, 6) is 0.453. The summed E-state index contributed by atoms with van der Waals surface area (Å²) in [4.78, 5) is 34.8. The predicted molar refractivity (Wildman–Crippen MR) is 105 cm³/mol. The molecule has 0 saturated heterocycles. The maximum absolute atomic E-state index is 12.9. The van der Waals surface area contributed by atoms with E-state index >= 15 is 0 Å². The predicted octanol–water partition coefficient (Wildman–Crippen LogP) is 3.75. The summed E-state index contributed by atoms with van der Waals surface area (Å²) in [5.41, 5.74) is 1.99. The molecule has 4 rings (SSSR count). The Morgan fingerprint density at radius 2 is 2.04 bits per heavy atom. The maximum atomic E-state index is 12.9. The van der Waals surface area contributed by atoms with Crippen LogP contribution in [0.5, 0.6) is 0 Å². The van der Waals surface area contributed by atoms with Crippen LogP contribution >= 0.6 is 0 Å². The summed E-state index contributed by atoms with van der Waals surface area (Å²) in [6.45, 7) is 6.88. The molecule has 1 atom stereocenters. The number of rotatable bonds is 3. The first-order valence-electron chi connectivity index (χ1n) is 9.34. The van der Waals surface area contributed by atoms with Crippen LogP contribution < -0.4 is 5.56 Å². The summed E-state index contributed by atoms with van der Waals surface area (Å²) in [6, 6.07) is 10.8. The molecular weight excluding hydrogens is 338 g/mol. The monoisotopic (exact) mass is 361 g/mol. The van der Waals surface area contributed by atoms with Gasteiger partial charge < -0.3 is 0 Å². The van der Waals surface area contributed by atoms with Crippen molar-refractivity contribution >= 4 is 16.7 Å². The van der Waals surface area contributed by atoms with E-state index in [0.717, 1.165) is 24.4 Å². The summed E-state index contributed by atoms with van der Waals surface area (Å²) < 4.78 is 1.80. The average molecular weight is 361 g/mol. The van der Waals surface area contributed by atoms with Gasteiger partial charge in [0, 0.05) is 24.7 Å². The number of carbonyl (C=O) groups is 1. The lowest BCUT2D eigenvalue weighted by Crippen LogP contribution is -2.36. The van der Waals surface area contributed by atoms with E-state index in [4.69, 9.17) is 4.98 Å². The molecule has 1 aliphatic rings. The first-order valence-corrected chi connectivity index (χ1v) is 9.34. The third kappa shape index (κ3) is 3.18. The van der Waals surface area contributed by atoms with E-state index in [0.29, 0.717) is 23.0 Å². The Balaban J connectivity index is 1.75. The summed E-state index contributed by atoms with van der Waals surface area (Å²) in [6.07, 6.45) is 3.47. The molecule has 0 spiro atoms. The quantitative estimate of drug-likeness (QED) is 0.667. The molecule has 0 radical (unpaired) electrons. The van der Waals surface area contributed by atoms with Gasteiger partial charge in [0.2, 0.25) is 0 Å². The van der Waals surface area contributed by atoms with Gasteiger partial charge in [-0.25, -0.2) is 4.98 Å². The third-order valence-corrected chi connectivity index (χ3v) is 5.46. The lowest BCUT2D eigenvalue weighted by atomic mass is 9.85. The lowest BCUT2D eigenvalue weighted by Gasteiger charge is -2.31. The smallest absolute Gasteiger partial charge is 0.261 e. The number of hydrogen-bond donors (Lipinski definition) is 0.